The van der Waals surface area contributed by atoms with Crippen LogP contribution in [0, 0.1) is 0 Å². The van der Waals surface area contributed by atoms with Crippen molar-refractivity contribution < 1.29 is 4.74 Å². The third kappa shape index (κ3) is 2.42. The van der Waals surface area contributed by atoms with E-state index in [-0.39, 0.29) is 5.56 Å². The largest absolute Gasteiger partial charge is 0.374 e. The molecule has 1 aromatic rings. The summed E-state index contributed by atoms with van der Waals surface area (Å²) >= 11 is 3.05. The molecule has 0 aliphatic rings. The van der Waals surface area contributed by atoms with Crippen LogP contribution in [0.2, 0.25) is 0 Å². The fourth-order valence-electron chi connectivity index (χ4n) is 0.688. The van der Waals surface area contributed by atoms with Gasteiger partial charge in [-0.1, -0.05) is 0 Å². The number of ether oxygens (including phenoxy) is 1. The van der Waals surface area contributed by atoms with Gasteiger partial charge in [0.2, 0.25) is 0 Å². The van der Waals surface area contributed by atoms with E-state index in [4.69, 9.17) is 4.74 Å². The van der Waals surface area contributed by atoms with Gasteiger partial charge in [0.15, 0.2) is 0 Å². The Balaban J connectivity index is 2.76. The molecule has 1 rings (SSSR count). The van der Waals surface area contributed by atoms with Gasteiger partial charge in [-0.25, -0.2) is 4.98 Å². The first-order chi connectivity index (χ1) is 5.74. The predicted octanol–water partition coefficient (Wildman–Crippen LogP) is 1.07. The summed E-state index contributed by atoms with van der Waals surface area (Å²) in [4.78, 5) is 17.5. The molecule has 0 atom stereocenters. The number of rotatable bonds is 3. The van der Waals surface area contributed by atoms with Crippen LogP contribution in [0.1, 0.15) is 12.7 Å². The van der Waals surface area contributed by atoms with E-state index in [1.54, 1.807) is 0 Å². The van der Waals surface area contributed by atoms with E-state index in [2.05, 4.69) is 25.9 Å². The number of halogens is 1. The summed E-state index contributed by atoms with van der Waals surface area (Å²) in [6.07, 6.45) is 1.47. The molecule has 0 aromatic carbocycles. The fraction of sp³-hybridized carbons (Fsp3) is 0.429. The zero-order valence-electron chi connectivity index (χ0n) is 6.63. The van der Waals surface area contributed by atoms with Gasteiger partial charge in [0, 0.05) is 12.8 Å². The molecule has 4 nitrogen and oxygen atoms in total. The lowest BCUT2D eigenvalue weighted by molar-refractivity contribution is 0.128. The molecule has 0 radical (unpaired) electrons. The van der Waals surface area contributed by atoms with Gasteiger partial charge in [0.1, 0.15) is 16.9 Å². The summed E-state index contributed by atoms with van der Waals surface area (Å²) < 4.78 is 5.50. The second kappa shape index (κ2) is 4.37. The van der Waals surface area contributed by atoms with E-state index in [9.17, 15) is 4.79 Å². The standard InChI is InChI=1S/C7H9BrN2O2/c1-2-12-4-6-9-3-5(8)7(11)10-6/h3H,2,4H2,1H3,(H,9,10,11). The Morgan fingerprint density at radius 1 is 1.75 bits per heavy atom. The molecule has 0 saturated carbocycles. The molecule has 1 N–H and O–H groups in total. The second-order valence-corrected chi connectivity index (χ2v) is 3.00. The highest BCUT2D eigenvalue weighted by Crippen LogP contribution is 1.98. The zero-order valence-corrected chi connectivity index (χ0v) is 8.22. The summed E-state index contributed by atoms with van der Waals surface area (Å²) in [6.45, 7) is 2.84. The number of nitrogens with zero attached hydrogens (tertiary/aromatic N) is 1. The second-order valence-electron chi connectivity index (χ2n) is 2.14. The van der Waals surface area contributed by atoms with E-state index < -0.39 is 0 Å². The van der Waals surface area contributed by atoms with Gasteiger partial charge in [0.25, 0.3) is 5.56 Å². The molecule has 1 aromatic heterocycles. The van der Waals surface area contributed by atoms with Gasteiger partial charge in [-0.15, -0.1) is 0 Å². The van der Waals surface area contributed by atoms with Crippen molar-refractivity contribution in [3.63, 3.8) is 0 Å². The summed E-state index contributed by atoms with van der Waals surface area (Å²) in [7, 11) is 0. The van der Waals surface area contributed by atoms with Gasteiger partial charge < -0.3 is 9.72 Å². The molecule has 0 amide bonds. The Labute approximate surface area is 78.1 Å². The Hall–Kier alpha value is -0.680. The maximum absolute atomic E-state index is 11.0. The minimum atomic E-state index is -0.181. The molecule has 5 heteroatoms. The van der Waals surface area contributed by atoms with Gasteiger partial charge in [-0.2, -0.15) is 0 Å². The molecular formula is C7H9BrN2O2. The first-order valence-electron chi connectivity index (χ1n) is 3.55. The minimum Gasteiger partial charge on any atom is -0.374 e. The highest BCUT2D eigenvalue weighted by Gasteiger charge is 1.98. The van der Waals surface area contributed by atoms with Gasteiger partial charge in [-0.3, -0.25) is 4.79 Å². The number of aromatic nitrogens is 2. The number of H-pyrrole nitrogens is 1. The van der Waals surface area contributed by atoms with Crippen LogP contribution in [-0.4, -0.2) is 16.6 Å². The van der Waals surface area contributed by atoms with E-state index in [0.29, 0.717) is 23.5 Å². The summed E-state index contributed by atoms with van der Waals surface area (Å²) in [5.74, 6) is 0.546. The zero-order chi connectivity index (χ0) is 8.97. The molecule has 1 heterocycles. The molecule has 0 aliphatic heterocycles. The number of hydrogen-bond acceptors (Lipinski definition) is 3. The van der Waals surface area contributed by atoms with Crippen molar-refractivity contribution in [1.29, 1.82) is 0 Å². The highest BCUT2D eigenvalue weighted by molar-refractivity contribution is 9.10. The van der Waals surface area contributed by atoms with Crippen LogP contribution in [0.4, 0.5) is 0 Å². The van der Waals surface area contributed by atoms with Crippen LogP contribution in [0.25, 0.3) is 0 Å². The van der Waals surface area contributed by atoms with Crippen LogP contribution >= 0.6 is 15.9 Å². The van der Waals surface area contributed by atoms with Crippen molar-refractivity contribution in [3.05, 3.63) is 26.8 Å². The quantitative estimate of drug-likeness (QED) is 0.849. The maximum atomic E-state index is 11.0. The average Bonchev–Trinajstić information content (AvgIpc) is 2.07. The van der Waals surface area contributed by atoms with Crippen LogP contribution < -0.4 is 5.56 Å². The van der Waals surface area contributed by atoms with Gasteiger partial charge in [0.05, 0.1) is 0 Å². The Kier molecular flexibility index (Phi) is 3.43. The molecule has 0 aliphatic carbocycles. The normalized spacial score (nSPS) is 10.2. The summed E-state index contributed by atoms with van der Waals surface area (Å²) in [6, 6.07) is 0. The van der Waals surface area contributed by atoms with Crippen molar-refractivity contribution >= 4 is 15.9 Å². The van der Waals surface area contributed by atoms with Crippen LogP contribution in [0.15, 0.2) is 15.5 Å². The van der Waals surface area contributed by atoms with Crippen LogP contribution in [0.3, 0.4) is 0 Å². The van der Waals surface area contributed by atoms with E-state index in [1.165, 1.54) is 6.20 Å². The molecule has 0 spiro atoms. The molecule has 0 saturated heterocycles. The third-order valence-corrected chi connectivity index (χ3v) is 1.82. The predicted molar refractivity (Wildman–Crippen MR) is 47.9 cm³/mol. The van der Waals surface area contributed by atoms with Crippen LogP contribution in [-0.2, 0) is 11.3 Å². The molecule has 0 unspecified atom stereocenters. The third-order valence-electron chi connectivity index (χ3n) is 1.25. The molecule has 66 valence electrons. The van der Waals surface area contributed by atoms with E-state index in [1.807, 2.05) is 6.92 Å². The van der Waals surface area contributed by atoms with Gasteiger partial charge in [-0.05, 0) is 22.9 Å². The van der Waals surface area contributed by atoms with E-state index in [0.717, 1.165) is 0 Å². The topological polar surface area (TPSA) is 55.0 Å². The Morgan fingerprint density at radius 3 is 3.08 bits per heavy atom. The molecule has 0 bridgehead atoms. The first kappa shape index (κ1) is 9.41. The highest BCUT2D eigenvalue weighted by atomic mass is 79.9. The van der Waals surface area contributed by atoms with Crippen molar-refractivity contribution in [2.24, 2.45) is 0 Å². The smallest absolute Gasteiger partial charge is 0.265 e. The summed E-state index contributed by atoms with van der Waals surface area (Å²) in [5, 5.41) is 0. The number of aromatic amines is 1. The average molecular weight is 233 g/mol. The monoisotopic (exact) mass is 232 g/mol. The maximum Gasteiger partial charge on any atom is 0.265 e. The lowest BCUT2D eigenvalue weighted by atomic mass is 10.6. The van der Waals surface area contributed by atoms with Gasteiger partial charge >= 0.3 is 0 Å². The lowest BCUT2D eigenvalue weighted by Gasteiger charge is -1.99. The fourth-order valence-corrected chi connectivity index (χ4v) is 0.890. The van der Waals surface area contributed by atoms with Crippen molar-refractivity contribution in [2.75, 3.05) is 6.61 Å². The van der Waals surface area contributed by atoms with Crippen molar-refractivity contribution in [3.8, 4) is 0 Å². The van der Waals surface area contributed by atoms with Crippen molar-refractivity contribution in [2.45, 2.75) is 13.5 Å². The summed E-state index contributed by atoms with van der Waals surface area (Å²) in [5.41, 5.74) is -0.181. The minimum absolute atomic E-state index is 0.181. The Bertz CT molecular complexity index is 311. The van der Waals surface area contributed by atoms with E-state index >= 15 is 0 Å². The SMILES string of the molecule is CCOCc1ncc(Br)c(=O)[nH]1. The van der Waals surface area contributed by atoms with Crippen LogP contribution in [0.5, 0.6) is 0 Å². The molecule has 12 heavy (non-hydrogen) atoms. The first-order valence-corrected chi connectivity index (χ1v) is 4.34. The lowest BCUT2D eigenvalue weighted by Crippen LogP contribution is -2.12. The van der Waals surface area contributed by atoms with Crippen molar-refractivity contribution in [1.82, 2.24) is 9.97 Å². The number of nitrogens with one attached hydrogen (secondary N) is 1. The Morgan fingerprint density at radius 2 is 2.50 bits per heavy atom. The number of hydrogen-bond donors (Lipinski definition) is 1. The molecule has 0 fully saturated rings. The molecular weight excluding hydrogens is 224 g/mol.